The van der Waals surface area contributed by atoms with Gasteiger partial charge in [-0.2, -0.15) is 4.31 Å². The second kappa shape index (κ2) is 7.35. The number of ketones is 1. The Kier molecular flexibility index (Phi) is 5.50. The van der Waals surface area contributed by atoms with Gasteiger partial charge in [-0.05, 0) is 31.9 Å². The first kappa shape index (κ1) is 19.4. The minimum absolute atomic E-state index is 0.117. The lowest BCUT2D eigenvalue weighted by Gasteiger charge is -2.22. The van der Waals surface area contributed by atoms with E-state index in [4.69, 9.17) is 11.6 Å². The number of Topliss-reactive ketones (excluding diaryl/α,β-unsaturated/α-hetero) is 1. The SMILES string of the molecule is CC(=O)c1sc(NC(=O)[C@H]2CCCN2S(=O)(=O)c2ccc(Cl)s2)nc1C. The summed E-state index contributed by atoms with van der Waals surface area (Å²) in [4.78, 5) is 28.8. The minimum Gasteiger partial charge on any atom is -0.301 e. The summed E-state index contributed by atoms with van der Waals surface area (Å²) in [6.07, 6.45) is 1.01. The van der Waals surface area contributed by atoms with Gasteiger partial charge in [-0.1, -0.05) is 22.9 Å². The molecule has 1 N–H and O–H groups in total. The zero-order chi connectivity index (χ0) is 19.1. The quantitative estimate of drug-likeness (QED) is 0.730. The van der Waals surface area contributed by atoms with Crippen molar-refractivity contribution < 1.29 is 18.0 Å². The van der Waals surface area contributed by atoms with Crippen LogP contribution in [-0.2, 0) is 14.8 Å². The van der Waals surface area contributed by atoms with Crippen molar-refractivity contribution in [1.29, 1.82) is 0 Å². The van der Waals surface area contributed by atoms with Crippen molar-refractivity contribution in [1.82, 2.24) is 9.29 Å². The molecule has 11 heteroatoms. The van der Waals surface area contributed by atoms with Crippen LogP contribution >= 0.6 is 34.3 Å². The molecule has 1 amide bonds. The second-order valence-corrected chi connectivity index (χ2v) is 10.6. The number of nitrogens with zero attached hydrogens (tertiary/aromatic N) is 2. The predicted octanol–water partition coefficient (Wildman–Crippen LogP) is 3.16. The lowest BCUT2D eigenvalue weighted by atomic mass is 10.2. The van der Waals surface area contributed by atoms with E-state index >= 15 is 0 Å². The average Bonchev–Trinajstić information content (AvgIpc) is 3.26. The number of hydrogen-bond donors (Lipinski definition) is 1. The highest BCUT2D eigenvalue weighted by Gasteiger charge is 2.40. The molecular formula is C15H16ClN3O4S3. The number of thiazole rings is 1. The molecule has 140 valence electrons. The number of carbonyl (C=O) groups is 2. The predicted molar refractivity (Wildman–Crippen MR) is 102 cm³/mol. The van der Waals surface area contributed by atoms with Crippen molar-refractivity contribution in [2.75, 3.05) is 11.9 Å². The van der Waals surface area contributed by atoms with Crippen LogP contribution in [-0.4, -0.2) is 42.0 Å². The molecule has 3 rings (SSSR count). The Bertz CT molecular complexity index is 967. The maximum absolute atomic E-state index is 12.8. The van der Waals surface area contributed by atoms with Gasteiger partial charge in [-0.25, -0.2) is 13.4 Å². The summed E-state index contributed by atoms with van der Waals surface area (Å²) < 4.78 is 27.3. The summed E-state index contributed by atoms with van der Waals surface area (Å²) in [6, 6.07) is 2.15. The van der Waals surface area contributed by atoms with Gasteiger partial charge in [0.25, 0.3) is 10.0 Å². The van der Waals surface area contributed by atoms with Gasteiger partial charge in [0.2, 0.25) is 5.91 Å². The molecule has 1 fully saturated rings. The van der Waals surface area contributed by atoms with E-state index in [0.717, 1.165) is 22.7 Å². The molecule has 1 atom stereocenters. The van der Waals surface area contributed by atoms with Crippen LogP contribution in [0.2, 0.25) is 4.34 Å². The van der Waals surface area contributed by atoms with E-state index in [0.29, 0.717) is 32.9 Å². The maximum atomic E-state index is 12.8. The molecule has 0 saturated carbocycles. The lowest BCUT2D eigenvalue weighted by molar-refractivity contribution is -0.119. The molecule has 2 aromatic heterocycles. The lowest BCUT2D eigenvalue weighted by Crippen LogP contribution is -2.42. The van der Waals surface area contributed by atoms with Crippen LogP contribution in [0.3, 0.4) is 0 Å². The molecule has 0 radical (unpaired) electrons. The van der Waals surface area contributed by atoms with Gasteiger partial charge >= 0.3 is 0 Å². The summed E-state index contributed by atoms with van der Waals surface area (Å²) in [6.45, 7) is 3.39. The molecule has 0 aromatic carbocycles. The third kappa shape index (κ3) is 3.70. The molecular weight excluding hydrogens is 418 g/mol. The number of anilines is 1. The van der Waals surface area contributed by atoms with Crippen molar-refractivity contribution in [3.63, 3.8) is 0 Å². The summed E-state index contributed by atoms with van der Waals surface area (Å²) >= 11 is 7.90. The largest absolute Gasteiger partial charge is 0.301 e. The van der Waals surface area contributed by atoms with Crippen LogP contribution in [0, 0.1) is 6.92 Å². The Morgan fingerprint density at radius 1 is 1.35 bits per heavy atom. The zero-order valence-electron chi connectivity index (χ0n) is 14.0. The van der Waals surface area contributed by atoms with Crippen molar-refractivity contribution in [2.45, 2.75) is 36.9 Å². The highest BCUT2D eigenvalue weighted by molar-refractivity contribution is 7.91. The summed E-state index contributed by atoms with van der Waals surface area (Å²) in [7, 11) is -3.79. The standard InChI is InChI=1S/C15H16ClN3O4S3/c1-8-13(9(2)20)25-15(17-8)18-14(21)10-4-3-7-19(10)26(22,23)12-6-5-11(16)24-12/h5-6,10H,3-4,7H2,1-2H3,(H,17,18,21)/t10-/m1/s1. The molecule has 1 aliphatic heterocycles. The van der Waals surface area contributed by atoms with Crippen LogP contribution in [0.1, 0.15) is 35.1 Å². The van der Waals surface area contributed by atoms with Crippen molar-refractivity contribution in [3.8, 4) is 0 Å². The topological polar surface area (TPSA) is 96.4 Å². The Balaban J connectivity index is 1.80. The number of thiophene rings is 1. The summed E-state index contributed by atoms with van der Waals surface area (Å²) in [5, 5.41) is 2.94. The fraction of sp³-hybridized carbons (Fsp3) is 0.400. The third-order valence-electron chi connectivity index (χ3n) is 3.96. The third-order valence-corrected chi connectivity index (χ3v) is 8.74. The van der Waals surface area contributed by atoms with Crippen molar-refractivity contribution in [3.05, 3.63) is 27.0 Å². The van der Waals surface area contributed by atoms with Crippen molar-refractivity contribution >= 4 is 61.1 Å². The molecule has 2 aromatic rings. The summed E-state index contributed by atoms with van der Waals surface area (Å²) in [5.41, 5.74) is 0.543. The number of nitrogens with one attached hydrogen (secondary N) is 1. The van der Waals surface area contributed by atoms with Crippen LogP contribution in [0.5, 0.6) is 0 Å². The molecule has 26 heavy (non-hydrogen) atoms. The fourth-order valence-electron chi connectivity index (χ4n) is 2.81. The number of halogens is 1. The van der Waals surface area contributed by atoms with Crippen LogP contribution in [0.15, 0.2) is 16.3 Å². The van der Waals surface area contributed by atoms with Crippen LogP contribution in [0.25, 0.3) is 0 Å². The first-order valence-electron chi connectivity index (χ1n) is 7.76. The Morgan fingerprint density at radius 3 is 2.65 bits per heavy atom. The molecule has 7 nitrogen and oxygen atoms in total. The van der Waals surface area contributed by atoms with Crippen LogP contribution < -0.4 is 5.32 Å². The molecule has 0 aliphatic carbocycles. The van der Waals surface area contributed by atoms with E-state index in [1.807, 2.05) is 0 Å². The first-order chi connectivity index (χ1) is 12.2. The van der Waals surface area contributed by atoms with E-state index in [1.165, 1.54) is 23.4 Å². The number of aromatic nitrogens is 1. The number of rotatable bonds is 5. The number of aryl methyl sites for hydroxylation is 1. The maximum Gasteiger partial charge on any atom is 0.253 e. The highest BCUT2D eigenvalue weighted by atomic mass is 35.5. The highest BCUT2D eigenvalue weighted by Crippen LogP contribution is 2.33. The van der Waals surface area contributed by atoms with Gasteiger partial charge in [0, 0.05) is 13.5 Å². The Labute approximate surface area is 164 Å². The molecule has 1 aliphatic rings. The number of amides is 1. The van der Waals surface area contributed by atoms with E-state index in [-0.39, 0.29) is 16.5 Å². The average molecular weight is 434 g/mol. The van der Waals surface area contributed by atoms with E-state index in [9.17, 15) is 18.0 Å². The van der Waals surface area contributed by atoms with Gasteiger partial charge in [-0.3, -0.25) is 9.59 Å². The second-order valence-electron chi connectivity index (χ2n) is 5.81. The van der Waals surface area contributed by atoms with Gasteiger partial charge < -0.3 is 5.32 Å². The minimum atomic E-state index is -3.79. The normalized spacial score (nSPS) is 18.2. The summed E-state index contributed by atoms with van der Waals surface area (Å²) in [5.74, 6) is -0.572. The molecule has 1 saturated heterocycles. The number of carbonyl (C=O) groups excluding carboxylic acids is 2. The first-order valence-corrected chi connectivity index (χ1v) is 11.2. The number of sulfonamides is 1. The fourth-order valence-corrected chi connectivity index (χ4v) is 6.94. The van der Waals surface area contributed by atoms with E-state index in [2.05, 4.69) is 10.3 Å². The van der Waals surface area contributed by atoms with E-state index in [1.54, 1.807) is 6.92 Å². The van der Waals surface area contributed by atoms with Gasteiger partial charge in [-0.15, -0.1) is 11.3 Å². The molecule has 0 bridgehead atoms. The van der Waals surface area contributed by atoms with Crippen molar-refractivity contribution in [2.24, 2.45) is 0 Å². The Hall–Kier alpha value is -1.33. The van der Waals surface area contributed by atoms with Crippen LogP contribution in [0.4, 0.5) is 5.13 Å². The Morgan fingerprint density at radius 2 is 2.08 bits per heavy atom. The number of hydrogen-bond acceptors (Lipinski definition) is 7. The molecule has 3 heterocycles. The monoisotopic (exact) mass is 433 g/mol. The van der Waals surface area contributed by atoms with Gasteiger partial charge in [0.15, 0.2) is 10.9 Å². The smallest absolute Gasteiger partial charge is 0.253 e. The molecule has 0 spiro atoms. The molecule has 0 unspecified atom stereocenters. The zero-order valence-corrected chi connectivity index (χ0v) is 17.2. The van der Waals surface area contributed by atoms with Gasteiger partial charge in [0.1, 0.15) is 10.3 Å². The van der Waals surface area contributed by atoms with E-state index < -0.39 is 22.0 Å². The van der Waals surface area contributed by atoms with Gasteiger partial charge in [0.05, 0.1) is 14.9 Å².